The van der Waals surface area contributed by atoms with Gasteiger partial charge in [-0.2, -0.15) is 0 Å². The molecule has 11 rings (SSSR count). The number of likely N-dealkylation sites (tertiary alicyclic amines) is 1. The van der Waals surface area contributed by atoms with Gasteiger partial charge in [0.05, 0.1) is 29.3 Å². The molecule has 4 N–H and O–H groups in total. The first kappa shape index (κ1) is 42.3. The van der Waals surface area contributed by atoms with E-state index in [1.54, 1.807) is 24.3 Å². The van der Waals surface area contributed by atoms with E-state index in [1.807, 2.05) is 53.2 Å². The number of urea groups is 1. The molecular weight excluding hydrogens is 842 g/mol. The van der Waals surface area contributed by atoms with Crippen LogP contribution in [-0.2, 0) is 15.0 Å². The van der Waals surface area contributed by atoms with E-state index in [-0.39, 0.29) is 47.0 Å². The Labute approximate surface area is 384 Å². The average Bonchev–Trinajstić information content (AvgIpc) is 3.52. The quantitative estimate of drug-likeness (QED) is 0.178. The fraction of sp³-hybridized carbons (Fsp3) is 0.500. The Morgan fingerprint density at radius 2 is 1.71 bits per heavy atom. The first-order valence-electron chi connectivity index (χ1n) is 23.8. The normalized spacial score (nSPS) is 26.5. The lowest BCUT2D eigenvalue weighted by Gasteiger charge is -2.54. The Balaban J connectivity index is 0.682. The SMILES string of the molecule is CN(C(=O)N1CCC(Oc2ccc(F)c(C34C[C@H]5CC3[C@H](CN(c3cc(-c6ccccc6O)nnc3N)C5)C4)c2)CC1)C1CCN(c2cccc3c2OCCN3[C@H]2CCC(=O)NC2=O)CC1. The van der Waals surface area contributed by atoms with Gasteiger partial charge in [0.25, 0.3) is 0 Å². The van der Waals surface area contributed by atoms with Crippen LogP contribution in [-0.4, -0.2) is 121 Å². The van der Waals surface area contributed by atoms with Crippen LogP contribution < -0.4 is 35.2 Å². The molecule has 7 aliphatic rings. The Bertz CT molecular complexity index is 2540. The summed E-state index contributed by atoms with van der Waals surface area (Å²) in [5, 5.41) is 21.5. The number of hydrogen-bond donors (Lipinski definition) is 3. The van der Waals surface area contributed by atoms with Crippen molar-refractivity contribution in [3.05, 3.63) is 78.1 Å². The number of anilines is 4. The van der Waals surface area contributed by atoms with Crippen LogP contribution in [0.4, 0.5) is 32.1 Å². The molecule has 2 unspecified atom stereocenters. The van der Waals surface area contributed by atoms with Gasteiger partial charge < -0.3 is 44.8 Å². The summed E-state index contributed by atoms with van der Waals surface area (Å²) >= 11 is 0. The fourth-order valence-electron chi connectivity index (χ4n) is 12.7. The second-order valence-electron chi connectivity index (χ2n) is 19.6. The lowest BCUT2D eigenvalue weighted by atomic mass is 9.52. The number of halogens is 1. The molecule has 5 aliphatic heterocycles. The van der Waals surface area contributed by atoms with Crippen LogP contribution in [0.3, 0.4) is 0 Å². The van der Waals surface area contributed by atoms with E-state index < -0.39 is 6.04 Å². The van der Waals surface area contributed by atoms with E-state index in [0.29, 0.717) is 92.5 Å². The van der Waals surface area contributed by atoms with Crippen LogP contribution in [0.2, 0.25) is 0 Å². The second-order valence-corrected chi connectivity index (χ2v) is 19.6. The van der Waals surface area contributed by atoms with Gasteiger partial charge in [0.15, 0.2) is 11.6 Å². The third-order valence-electron chi connectivity index (χ3n) is 16.0. The zero-order chi connectivity index (χ0) is 45.3. The highest BCUT2D eigenvalue weighted by molar-refractivity contribution is 6.02. The predicted octanol–water partition coefficient (Wildman–Crippen LogP) is 5.94. The van der Waals surface area contributed by atoms with Crippen LogP contribution in [0.25, 0.3) is 11.3 Å². The summed E-state index contributed by atoms with van der Waals surface area (Å²) in [6.45, 7) is 5.35. The van der Waals surface area contributed by atoms with E-state index in [2.05, 4.69) is 36.3 Å². The molecule has 346 valence electrons. The number of amides is 4. The van der Waals surface area contributed by atoms with Gasteiger partial charge >= 0.3 is 6.03 Å². The summed E-state index contributed by atoms with van der Waals surface area (Å²) in [6.07, 6.45) is 6.61. The monoisotopic (exact) mass is 899 g/mol. The summed E-state index contributed by atoms with van der Waals surface area (Å²) in [4.78, 5) is 49.0. The van der Waals surface area contributed by atoms with Crippen molar-refractivity contribution < 1.29 is 33.4 Å². The Morgan fingerprint density at radius 3 is 2.52 bits per heavy atom. The number of nitrogens with zero attached hydrogens (tertiary/aromatic N) is 7. The number of phenolic OH excluding ortho intramolecular Hbond substituents is 1. The maximum absolute atomic E-state index is 15.9. The van der Waals surface area contributed by atoms with Gasteiger partial charge in [0.1, 0.15) is 36.1 Å². The number of hydrogen-bond acceptors (Lipinski definition) is 12. The first-order valence-corrected chi connectivity index (χ1v) is 23.8. The molecule has 2 bridgehead atoms. The van der Waals surface area contributed by atoms with Crippen LogP contribution in [0, 0.1) is 23.6 Å². The molecule has 6 heterocycles. The van der Waals surface area contributed by atoms with Gasteiger partial charge in [-0.1, -0.05) is 18.2 Å². The van der Waals surface area contributed by atoms with Crippen molar-refractivity contribution in [2.24, 2.45) is 17.8 Å². The highest BCUT2D eigenvalue weighted by Gasteiger charge is 2.62. The van der Waals surface area contributed by atoms with E-state index >= 15 is 4.39 Å². The molecule has 66 heavy (non-hydrogen) atoms. The number of piperidine rings is 3. The van der Waals surface area contributed by atoms with Crippen molar-refractivity contribution in [2.75, 3.05) is 79.9 Å². The smallest absolute Gasteiger partial charge is 0.319 e. The van der Waals surface area contributed by atoms with Crippen molar-refractivity contribution in [3.63, 3.8) is 0 Å². The molecule has 4 saturated heterocycles. The number of nitrogen functional groups attached to an aromatic ring is 1. The zero-order valence-corrected chi connectivity index (χ0v) is 37.4. The molecule has 0 radical (unpaired) electrons. The van der Waals surface area contributed by atoms with E-state index in [4.69, 9.17) is 15.2 Å². The number of imide groups is 1. The minimum atomic E-state index is -0.405. The summed E-state index contributed by atoms with van der Waals surface area (Å²) in [5.74, 6) is 2.45. The Morgan fingerprint density at radius 1 is 0.909 bits per heavy atom. The zero-order valence-electron chi connectivity index (χ0n) is 37.4. The third kappa shape index (κ3) is 7.45. The minimum absolute atomic E-state index is 0.0376. The maximum atomic E-state index is 15.9. The number of nitrogens with two attached hydrogens (primary N) is 1. The Kier molecular flexibility index (Phi) is 10.8. The summed E-state index contributed by atoms with van der Waals surface area (Å²) < 4.78 is 28.7. The van der Waals surface area contributed by atoms with Gasteiger partial charge in [0, 0.05) is 82.6 Å². The van der Waals surface area contributed by atoms with Crippen LogP contribution in [0.15, 0.2) is 66.7 Å². The van der Waals surface area contributed by atoms with Crippen LogP contribution in [0.1, 0.15) is 63.4 Å². The number of carbonyl (C=O) groups is 3. The largest absolute Gasteiger partial charge is 0.507 e. The van der Waals surface area contributed by atoms with Gasteiger partial charge in [-0.25, -0.2) is 9.18 Å². The van der Waals surface area contributed by atoms with Crippen molar-refractivity contribution in [3.8, 4) is 28.5 Å². The first-order chi connectivity index (χ1) is 32.0. The van der Waals surface area contributed by atoms with E-state index in [0.717, 1.165) is 86.7 Å². The lowest BCUT2D eigenvalue weighted by molar-refractivity contribution is -0.134. The van der Waals surface area contributed by atoms with Crippen molar-refractivity contribution in [1.29, 1.82) is 0 Å². The van der Waals surface area contributed by atoms with Crippen molar-refractivity contribution >= 4 is 40.7 Å². The molecule has 1 aromatic heterocycles. The number of rotatable bonds is 8. The molecule has 15 nitrogen and oxygen atoms in total. The van der Waals surface area contributed by atoms with Gasteiger partial charge in [-0.3, -0.25) is 14.9 Å². The fourth-order valence-corrected chi connectivity index (χ4v) is 12.7. The number of phenols is 1. The molecule has 4 amide bonds. The highest BCUT2D eigenvalue weighted by Crippen LogP contribution is 2.66. The molecule has 16 heteroatoms. The third-order valence-corrected chi connectivity index (χ3v) is 16.0. The minimum Gasteiger partial charge on any atom is -0.507 e. The summed E-state index contributed by atoms with van der Waals surface area (Å²) in [7, 11) is 1.92. The van der Waals surface area contributed by atoms with Crippen LogP contribution in [0.5, 0.6) is 17.2 Å². The van der Waals surface area contributed by atoms with E-state index in [1.165, 1.54) is 0 Å². The number of carbonyl (C=O) groups excluding carboxylic acids is 3. The maximum Gasteiger partial charge on any atom is 0.319 e. The number of fused-ring (bicyclic) bond motifs is 2. The predicted molar refractivity (Wildman–Crippen MR) is 247 cm³/mol. The molecule has 0 spiro atoms. The summed E-state index contributed by atoms with van der Waals surface area (Å²) in [5.41, 5.74) is 10.9. The topological polar surface area (TPSA) is 170 Å². The molecule has 4 aromatic rings. The Hall–Kier alpha value is -6.32. The number of nitrogens with one attached hydrogen (secondary N) is 1. The molecule has 5 atom stereocenters. The number of para-hydroxylation sites is 2. The number of ether oxygens (including phenoxy) is 2. The average molecular weight is 900 g/mol. The molecule has 6 fully saturated rings. The lowest BCUT2D eigenvalue weighted by Crippen LogP contribution is -2.54. The molecule has 3 aromatic carbocycles. The van der Waals surface area contributed by atoms with E-state index in [9.17, 15) is 19.5 Å². The molecule has 2 saturated carbocycles. The number of aromatic hydroxyl groups is 1. The molecule has 2 aliphatic carbocycles. The number of benzene rings is 3. The van der Waals surface area contributed by atoms with Crippen LogP contribution >= 0.6 is 0 Å². The second kappa shape index (κ2) is 16.8. The van der Waals surface area contributed by atoms with Gasteiger partial charge in [-0.15, -0.1) is 10.2 Å². The molecular formula is C50H58FN9O6. The van der Waals surface area contributed by atoms with Gasteiger partial charge in [-0.05, 0) is 110 Å². The van der Waals surface area contributed by atoms with Crippen molar-refractivity contribution in [2.45, 2.75) is 81.4 Å². The summed E-state index contributed by atoms with van der Waals surface area (Å²) in [6, 6.07) is 20.1. The highest BCUT2D eigenvalue weighted by atomic mass is 19.1. The van der Waals surface area contributed by atoms with Gasteiger partial charge in [0.2, 0.25) is 11.8 Å². The standard InChI is InChI=1S/C50H58FN9O6/c1-56(32-13-17-57(18-14-32)40-6-4-7-41-46(40)65-22-21-60(41)42-11-12-45(62)53-48(42)63)49(64)58-19-15-33(16-20-58)66-34-9-10-38(51)37(24-34)50-26-30-23-36(50)31(27-50)29-59(28-30)43-25-39(54-55-47(43)52)35-5-2-3-8-44(35)61/h2-10,24-25,30-33,36,42,61H,11-23,26-29H2,1H3,(H2,52,55)(H,53,62,63)/t30-,31+,36?,42+,50?/m1/s1. The van der Waals surface area contributed by atoms with Crippen molar-refractivity contribution in [1.82, 2.24) is 25.3 Å². The number of aromatic nitrogens is 2.